The maximum Gasteiger partial charge on any atom is 0.317 e. The molecule has 0 aromatic rings. The lowest BCUT2D eigenvalue weighted by Gasteiger charge is -2.20. The van der Waals surface area contributed by atoms with Gasteiger partial charge in [-0.15, -0.1) is 0 Å². The number of urea groups is 1. The second-order valence-corrected chi connectivity index (χ2v) is 4.91. The normalized spacial score (nSPS) is 16.6. The Morgan fingerprint density at radius 1 is 1.31 bits per heavy atom. The van der Waals surface area contributed by atoms with E-state index in [1.165, 1.54) is 0 Å². The van der Waals surface area contributed by atoms with E-state index in [2.05, 4.69) is 5.32 Å². The Labute approximate surface area is 99.6 Å². The molecule has 5 nitrogen and oxygen atoms in total. The third-order valence-corrected chi connectivity index (χ3v) is 3.40. The van der Waals surface area contributed by atoms with Crippen molar-refractivity contribution in [3.8, 4) is 0 Å². The van der Waals surface area contributed by atoms with Crippen LogP contribution < -0.4 is 5.32 Å². The van der Waals surface area contributed by atoms with Gasteiger partial charge in [-0.3, -0.25) is 4.79 Å². The standard InChI is InChI=1S/C10H18N2O3S/c13-9(14)3-1-4-11-10(15)12-5-2-7-16-8-6-12/h1-8H2,(H,11,15)(H,13,14). The number of thioether (sulfide) groups is 1. The summed E-state index contributed by atoms with van der Waals surface area (Å²) in [6.45, 7) is 2.03. The minimum atomic E-state index is -0.819. The molecule has 1 aliphatic heterocycles. The molecule has 0 atom stereocenters. The number of carbonyl (C=O) groups excluding carboxylic acids is 1. The minimum Gasteiger partial charge on any atom is -0.481 e. The molecule has 0 aromatic heterocycles. The Morgan fingerprint density at radius 2 is 2.12 bits per heavy atom. The number of carbonyl (C=O) groups is 2. The van der Waals surface area contributed by atoms with Crippen LogP contribution in [-0.2, 0) is 4.79 Å². The van der Waals surface area contributed by atoms with Crippen molar-refractivity contribution in [2.75, 3.05) is 31.1 Å². The van der Waals surface area contributed by atoms with E-state index in [4.69, 9.17) is 5.11 Å². The first-order valence-electron chi connectivity index (χ1n) is 5.52. The fraction of sp³-hybridized carbons (Fsp3) is 0.800. The van der Waals surface area contributed by atoms with Crippen LogP contribution in [0.4, 0.5) is 4.79 Å². The molecule has 0 saturated carbocycles. The summed E-state index contributed by atoms with van der Waals surface area (Å²) in [6, 6.07) is -0.0621. The highest BCUT2D eigenvalue weighted by molar-refractivity contribution is 7.99. The molecule has 0 unspecified atom stereocenters. The molecule has 1 saturated heterocycles. The Balaban J connectivity index is 2.15. The van der Waals surface area contributed by atoms with Gasteiger partial charge < -0.3 is 15.3 Å². The van der Waals surface area contributed by atoms with E-state index >= 15 is 0 Å². The van der Waals surface area contributed by atoms with Crippen LogP contribution in [0, 0.1) is 0 Å². The summed E-state index contributed by atoms with van der Waals surface area (Å²) in [4.78, 5) is 23.7. The summed E-state index contributed by atoms with van der Waals surface area (Å²) in [7, 11) is 0. The van der Waals surface area contributed by atoms with Gasteiger partial charge in [-0.2, -0.15) is 11.8 Å². The summed E-state index contributed by atoms with van der Waals surface area (Å²) < 4.78 is 0. The van der Waals surface area contributed by atoms with Gasteiger partial charge in [0.15, 0.2) is 0 Å². The number of hydrogen-bond donors (Lipinski definition) is 2. The maximum absolute atomic E-state index is 11.7. The van der Waals surface area contributed by atoms with Gasteiger partial charge in [-0.05, 0) is 18.6 Å². The van der Waals surface area contributed by atoms with E-state index in [1.54, 1.807) is 4.90 Å². The number of carboxylic acids is 1. The van der Waals surface area contributed by atoms with E-state index in [0.29, 0.717) is 13.0 Å². The van der Waals surface area contributed by atoms with Crippen LogP contribution in [0.15, 0.2) is 0 Å². The molecule has 1 heterocycles. The Kier molecular flexibility index (Phi) is 6.07. The molecular weight excluding hydrogens is 228 g/mol. The molecule has 16 heavy (non-hydrogen) atoms. The molecule has 92 valence electrons. The summed E-state index contributed by atoms with van der Waals surface area (Å²) in [6.07, 6.45) is 1.63. The van der Waals surface area contributed by atoms with Crippen molar-refractivity contribution in [1.29, 1.82) is 0 Å². The van der Waals surface area contributed by atoms with E-state index < -0.39 is 5.97 Å². The van der Waals surface area contributed by atoms with Crippen molar-refractivity contribution in [3.63, 3.8) is 0 Å². The monoisotopic (exact) mass is 246 g/mol. The van der Waals surface area contributed by atoms with Gasteiger partial charge in [0.25, 0.3) is 0 Å². The lowest BCUT2D eigenvalue weighted by molar-refractivity contribution is -0.137. The summed E-state index contributed by atoms with van der Waals surface area (Å²) in [5, 5.41) is 11.2. The van der Waals surface area contributed by atoms with E-state index in [-0.39, 0.29) is 12.5 Å². The van der Waals surface area contributed by atoms with E-state index in [0.717, 1.165) is 31.0 Å². The first-order chi connectivity index (χ1) is 7.70. The average molecular weight is 246 g/mol. The third kappa shape index (κ3) is 5.25. The topological polar surface area (TPSA) is 69.6 Å². The molecule has 0 aliphatic carbocycles. The predicted octanol–water partition coefficient (Wildman–Crippen LogP) is 1.000. The minimum absolute atomic E-state index is 0.0621. The molecule has 2 N–H and O–H groups in total. The van der Waals surface area contributed by atoms with Crippen molar-refractivity contribution in [2.45, 2.75) is 19.3 Å². The van der Waals surface area contributed by atoms with Gasteiger partial charge in [-0.1, -0.05) is 0 Å². The van der Waals surface area contributed by atoms with Gasteiger partial charge >= 0.3 is 12.0 Å². The number of carboxylic acid groups (broad SMARTS) is 1. The highest BCUT2D eigenvalue weighted by Crippen LogP contribution is 2.09. The molecule has 6 heteroatoms. The number of hydrogen-bond acceptors (Lipinski definition) is 3. The lowest BCUT2D eigenvalue weighted by atomic mass is 10.3. The summed E-state index contributed by atoms with van der Waals surface area (Å²) in [5.41, 5.74) is 0. The molecule has 2 amide bonds. The van der Waals surface area contributed by atoms with E-state index in [1.807, 2.05) is 11.8 Å². The van der Waals surface area contributed by atoms with Crippen LogP contribution in [0.1, 0.15) is 19.3 Å². The summed E-state index contributed by atoms with van der Waals surface area (Å²) >= 11 is 1.87. The van der Waals surface area contributed by atoms with Crippen LogP contribution in [0.3, 0.4) is 0 Å². The van der Waals surface area contributed by atoms with Crippen molar-refractivity contribution < 1.29 is 14.7 Å². The first kappa shape index (κ1) is 13.2. The highest BCUT2D eigenvalue weighted by Gasteiger charge is 2.14. The van der Waals surface area contributed by atoms with Crippen molar-refractivity contribution in [1.82, 2.24) is 10.2 Å². The molecule has 1 rings (SSSR count). The van der Waals surface area contributed by atoms with Crippen molar-refractivity contribution >= 4 is 23.8 Å². The van der Waals surface area contributed by atoms with Crippen LogP contribution in [-0.4, -0.2) is 53.1 Å². The number of nitrogens with one attached hydrogen (secondary N) is 1. The first-order valence-corrected chi connectivity index (χ1v) is 6.68. The molecular formula is C10H18N2O3S. The second-order valence-electron chi connectivity index (χ2n) is 3.68. The van der Waals surface area contributed by atoms with Crippen LogP contribution >= 0.6 is 11.8 Å². The van der Waals surface area contributed by atoms with Crippen molar-refractivity contribution in [3.05, 3.63) is 0 Å². The third-order valence-electron chi connectivity index (χ3n) is 2.35. The van der Waals surface area contributed by atoms with Gasteiger partial charge in [0, 0.05) is 31.8 Å². The lowest BCUT2D eigenvalue weighted by Crippen LogP contribution is -2.41. The zero-order chi connectivity index (χ0) is 11.8. The molecule has 0 bridgehead atoms. The fourth-order valence-corrected chi connectivity index (χ4v) is 2.38. The number of nitrogens with zero attached hydrogens (tertiary/aromatic N) is 1. The largest absolute Gasteiger partial charge is 0.481 e. The predicted molar refractivity (Wildman–Crippen MR) is 63.8 cm³/mol. The van der Waals surface area contributed by atoms with Crippen LogP contribution in [0.2, 0.25) is 0 Å². The zero-order valence-corrected chi connectivity index (χ0v) is 10.1. The van der Waals surface area contributed by atoms with Gasteiger partial charge in [0.2, 0.25) is 0 Å². The number of aliphatic carboxylic acids is 1. The van der Waals surface area contributed by atoms with Crippen LogP contribution in [0.25, 0.3) is 0 Å². The smallest absolute Gasteiger partial charge is 0.317 e. The zero-order valence-electron chi connectivity index (χ0n) is 9.28. The Bertz CT molecular complexity index is 240. The number of amides is 2. The quantitative estimate of drug-likeness (QED) is 0.726. The van der Waals surface area contributed by atoms with Gasteiger partial charge in [-0.25, -0.2) is 4.79 Å². The molecule has 1 aliphatic rings. The fourth-order valence-electron chi connectivity index (χ4n) is 1.50. The van der Waals surface area contributed by atoms with Gasteiger partial charge in [0.05, 0.1) is 0 Å². The molecule has 0 aromatic carbocycles. The van der Waals surface area contributed by atoms with Crippen LogP contribution in [0.5, 0.6) is 0 Å². The molecule has 0 radical (unpaired) electrons. The number of rotatable bonds is 4. The molecule has 1 fully saturated rings. The van der Waals surface area contributed by atoms with Crippen molar-refractivity contribution in [2.24, 2.45) is 0 Å². The summed E-state index contributed by atoms with van der Waals surface area (Å²) in [5.74, 6) is 1.28. The SMILES string of the molecule is O=C(O)CCCNC(=O)N1CCCSCC1. The van der Waals surface area contributed by atoms with E-state index in [9.17, 15) is 9.59 Å². The molecule has 0 spiro atoms. The second kappa shape index (κ2) is 7.38. The highest BCUT2D eigenvalue weighted by atomic mass is 32.2. The Hall–Kier alpha value is -0.910. The Morgan fingerprint density at radius 3 is 2.88 bits per heavy atom. The van der Waals surface area contributed by atoms with Gasteiger partial charge in [0.1, 0.15) is 0 Å². The maximum atomic E-state index is 11.7. The average Bonchev–Trinajstić information content (AvgIpc) is 2.52.